The van der Waals surface area contributed by atoms with E-state index in [0.717, 1.165) is 6.07 Å². The van der Waals surface area contributed by atoms with Gasteiger partial charge < -0.3 is 0 Å². The number of carbonyl (C=O) groups excluding carboxylic acids is 1. The third-order valence-corrected chi connectivity index (χ3v) is 4.06. The van der Waals surface area contributed by atoms with Crippen molar-refractivity contribution in [3.8, 4) is 0 Å². The molecule has 0 aliphatic heterocycles. The van der Waals surface area contributed by atoms with Crippen LogP contribution in [0.15, 0.2) is 42.6 Å². The molecule has 0 atom stereocenters. The summed E-state index contributed by atoms with van der Waals surface area (Å²) < 4.78 is 79.0. The van der Waals surface area contributed by atoms with Gasteiger partial charge in [0.1, 0.15) is 6.29 Å². The first-order chi connectivity index (χ1) is 12.6. The number of hydrogen-bond donors (Lipinski definition) is 0. The second-order valence-electron chi connectivity index (χ2n) is 5.95. The molecule has 0 saturated carbocycles. The van der Waals surface area contributed by atoms with Crippen LogP contribution in [0.4, 0.5) is 26.3 Å². The first-order valence-electron chi connectivity index (χ1n) is 7.77. The van der Waals surface area contributed by atoms with E-state index in [1.54, 1.807) is 24.4 Å². The summed E-state index contributed by atoms with van der Waals surface area (Å²) in [5, 5.41) is 4.83. The minimum atomic E-state index is -4.90. The summed E-state index contributed by atoms with van der Waals surface area (Å²) in [5.74, 6) is 0. The first kappa shape index (κ1) is 18.9. The van der Waals surface area contributed by atoms with Crippen molar-refractivity contribution >= 4 is 17.2 Å². The molecule has 3 aromatic rings. The fraction of sp³-hybridized carbons (Fsp3) is 0.222. The Kier molecular flexibility index (Phi) is 4.71. The molecular weight excluding hydrogens is 374 g/mol. The number of alkyl halides is 6. The van der Waals surface area contributed by atoms with Crippen molar-refractivity contribution in [1.29, 1.82) is 0 Å². The van der Waals surface area contributed by atoms with E-state index in [2.05, 4.69) is 5.10 Å². The van der Waals surface area contributed by atoms with Gasteiger partial charge in [-0.25, -0.2) is 0 Å². The van der Waals surface area contributed by atoms with E-state index in [0.29, 0.717) is 28.8 Å². The number of aromatic nitrogens is 2. The van der Waals surface area contributed by atoms with Crippen molar-refractivity contribution < 1.29 is 31.1 Å². The van der Waals surface area contributed by atoms with Gasteiger partial charge in [0.15, 0.2) is 0 Å². The lowest BCUT2D eigenvalue weighted by Crippen LogP contribution is -2.14. The Labute approximate surface area is 149 Å². The lowest BCUT2D eigenvalue weighted by Gasteiger charge is -2.16. The highest BCUT2D eigenvalue weighted by Gasteiger charge is 2.37. The average molecular weight is 386 g/mol. The summed E-state index contributed by atoms with van der Waals surface area (Å²) >= 11 is 0. The lowest BCUT2D eigenvalue weighted by molar-refractivity contribution is -0.143. The second kappa shape index (κ2) is 6.71. The van der Waals surface area contributed by atoms with Gasteiger partial charge in [-0.2, -0.15) is 31.4 Å². The van der Waals surface area contributed by atoms with Crippen molar-refractivity contribution in [2.24, 2.45) is 0 Å². The molecule has 0 aliphatic rings. The number of hydrogen-bond acceptors (Lipinski definition) is 2. The van der Waals surface area contributed by atoms with E-state index >= 15 is 0 Å². The highest BCUT2D eigenvalue weighted by molar-refractivity contribution is 5.86. The molecule has 0 unspecified atom stereocenters. The summed E-state index contributed by atoms with van der Waals surface area (Å²) in [7, 11) is 0. The van der Waals surface area contributed by atoms with Crippen molar-refractivity contribution in [3.05, 3.63) is 64.8 Å². The van der Waals surface area contributed by atoms with Crippen LogP contribution in [-0.2, 0) is 25.3 Å². The van der Waals surface area contributed by atoms with E-state index < -0.39 is 23.5 Å². The molecule has 2 aromatic carbocycles. The van der Waals surface area contributed by atoms with Gasteiger partial charge in [0.05, 0.1) is 16.6 Å². The zero-order valence-corrected chi connectivity index (χ0v) is 13.6. The SMILES string of the molecule is O=Cc1ccc2nn(CCc3ccc(C(F)(F)F)cc3C(F)(F)F)cc2c1. The van der Waals surface area contributed by atoms with Gasteiger partial charge in [0.2, 0.25) is 0 Å². The minimum Gasteiger partial charge on any atom is -0.298 e. The standard InChI is InChI=1S/C18H12F6N2O/c19-17(20,21)14-3-2-12(15(8-14)18(22,23)24)5-6-26-9-13-7-11(10-27)1-4-16(13)25-26/h1-4,7-10H,5-6H2. The van der Waals surface area contributed by atoms with Gasteiger partial charge in [-0.05, 0) is 42.3 Å². The van der Waals surface area contributed by atoms with E-state index in [1.807, 2.05) is 0 Å². The number of halogens is 6. The average Bonchev–Trinajstić information content (AvgIpc) is 3.00. The number of carbonyl (C=O) groups is 1. The van der Waals surface area contributed by atoms with Gasteiger partial charge in [-0.15, -0.1) is 0 Å². The molecule has 0 radical (unpaired) electrons. The summed E-state index contributed by atoms with van der Waals surface area (Å²) in [4.78, 5) is 10.8. The molecule has 1 aromatic heterocycles. The van der Waals surface area contributed by atoms with Crippen molar-refractivity contribution in [2.75, 3.05) is 0 Å². The Bertz CT molecular complexity index is 988. The molecule has 0 saturated heterocycles. The molecule has 0 bridgehead atoms. The van der Waals surface area contributed by atoms with Crippen molar-refractivity contribution in [1.82, 2.24) is 9.78 Å². The van der Waals surface area contributed by atoms with Crippen LogP contribution in [0, 0.1) is 0 Å². The van der Waals surface area contributed by atoms with Gasteiger partial charge in [0.25, 0.3) is 0 Å². The molecule has 142 valence electrons. The number of rotatable bonds is 4. The molecule has 9 heteroatoms. The van der Waals surface area contributed by atoms with Crippen LogP contribution in [0.2, 0.25) is 0 Å². The summed E-state index contributed by atoms with van der Waals surface area (Å²) in [5.41, 5.74) is -1.90. The molecule has 1 heterocycles. The number of aryl methyl sites for hydroxylation is 2. The Morgan fingerprint density at radius 3 is 2.33 bits per heavy atom. The van der Waals surface area contributed by atoms with Crippen LogP contribution in [0.3, 0.4) is 0 Å². The van der Waals surface area contributed by atoms with Crippen LogP contribution < -0.4 is 0 Å². The Hall–Kier alpha value is -2.84. The van der Waals surface area contributed by atoms with Gasteiger partial charge in [-0.1, -0.05) is 6.07 Å². The highest BCUT2D eigenvalue weighted by atomic mass is 19.4. The molecule has 0 amide bonds. The molecule has 0 N–H and O–H groups in total. The molecule has 3 rings (SSSR count). The zero-order chi connectivity index (χ0) is 19.8. The largest absolute Gasteiger partial charge is 0.416 e. The minimum absolute atomic E-state index is 0.0412. The Balaban J connectivity index is 1.88. The number of nitrogens with zero attached hydrogens (tertiary/aromatic N) is 2. The monoisotopic (exact) mass is 386 g/mol. The summed E-state index contributed by atoms with van der Waals surface area (Å²) in [6.07, 6.45) is -7.67. The van der Waals surface area contributed by atoms with Crippen molar-refractivity contribution in [2.45, 2.75) is 25.3 Å². The Morgan fingerprint density at radius 2 is 1.70 bits per heavy atom. The van der Waals surface area contributed by atoms with Crippen molar-refractivity contribution in [3.63, 3.8) is 0 Å². The van der Waals surface area contributed by atoms with E-state index in [1.165, 1.54) is 4.68 Å². The maximum Gasteiger partial charge on any atom is 0.416 e. The van der Waals surface area contributed by atoms with Gasteiger partial charge in [0, 0.05) is 23.7 Å². The topological polar surface area (TPSA) is 34.9 Å². The number of benzene rings is 2. The van der Waals surface area contributed by atoms with E-state index in [9.17, 15) is 31.1 Å². The van der Waals surface area contributed by atoms with Crippen LogP contribution in [0.25, 0.3) is 10.9 Å². The predicted octanol–water partition coefficient (Wildman–Crippen LogP) is 5.13. The predicted molar refractivity (Wildman–Crippen MR) is 85.3 cm³/mol. The molecule has 0 spiro atoms. The molecular formula is C18H12F6N2O. The first-order valence-corrected chi connectivity index (χ1v) is 7.77. The third-order valence-electron chi connectivity index (χ3n) is 4.06. The smallest absolute Gasteiger partial charge is 0.298 e. The van der Waals surface area contributed by atoms with Crippen LogP contribution in [-0.4, -0.2) is 16.1 Å². The molecule has 0 fully saturated rings. The van der Waals surface area contributed by atoms with E-state index in [4.69, 9.17) is 0 Å². The molecule has 27 heavy (non-hydrogen) atoms. The number of aldehydes is 1. The van der Waals surface area contributed by atoms with E-state index in [-0.39, 0.29) is 24.6 Å². The fourth-order valence-electron chi connectivity index (χ4n) is 2.75. The van der Waals surface area contributed by atoms with Crippen LogP contribution in [0.5, 0.6) is 0 Å². The third kappa shape index (κ3) is 4.12. The lowest BCUT2D eigenvalue weighted by atomic mass is 10.0. The maximum atomic E-state index is 13.2. The normalized spacial score (nSPS) is 12.5. The zero-order valence-electron chi connectivity index (χ0n) is 13.6. The quantitative estimate of drug-likeness (QED) is 0.460. The summed E-state index contributed by atoms with van der Waals surface area (Å²) in [6, 6.07) is 6.37. The van der Waals surface area contributed by atoms with Crippen LogP contribution >= 0.6 is 0 Å². The molecule has 3 nitrogen and oxygen atoms in total. The van der Waals surface area contributed by atoms with Gasteiger partial charge >= 0.3 is 12.4 Å². The maximum absolute atomic E-state index is 13.2. The molecule has 0 aliphatic carbocycles. The second-order valence-corrected chi connectivity index (χ2v) is 5.95. The van der Waals surface area contributed by atoms with Crippen LogP contribution in [0.1, 0.15) is 27.0 Å². The van der Waals surface area contributed by atoms with Gasteiger partial charge in [-0.3, -0.25) is 9.48 Å². The fourth-order valence-corrected chi connectivity index (χ4v) is 2.75. The highest BCUT2D eigenvalue weighted by Crippen LogP contribution is 2.37. The Morgan fingerprint density at radius 1 is 0.963 bits per heavy atom. The summed E-state index contributed by atoms with van der Waals surface area (Å²) in [6.45, 7) is 0.0412. The number of fused-ring (bicyclic) bond motifs is 1.